The second-order valence-corrected chi connectivity index (χ2v) is 8.02. The van der Waals surface area contributed by atoms with Crippen LogP contribution in [0.2, 0.25) is 0 Å². The monoisotopic (exact) mass is 396 g/mol. The first kappa shape index (κ1) is 18.6. The normalized spacial score (nSPS) is 16.2. The predicted molar refractivity (Wildman–Crippen MR) is 120 cm³/mol. The van der Waals surface area contributed by atoms with Crippen LogP contribution in [0.5, 0.6) is 0 Å². The molecule has 4 bridgehead atoms. The summed E-state index contributed by atoms with van der Waals surface area (Å²) in [4.78, 5) is 26.6. The summed E-state index contributed by atoms with van der Waals surface area (Å²) in [5.74, 6) is 0.598. The van der Waals surface area contributed by atoms with Crippen molar-refractivity contribution in [2.24, 2.45) is 4.99 Å². The number of fused-ring (bicyclic) bond motifs is 7. The van der Waals surface area contributed by atoms with E-state index in [0.29, 0.717) is 16.7 Å². The van der Waals surface area contributed by atoms with E-state index < -0.39 is 0 Å². The van der Waals surface area contributed by atoms with Gasteiger partial charge in [0.25, 0.3) is 5.56 Å². The topological polar surface area (TPSA) is 61.4 Å². The van der Waals surface area contributed by atoms with Gasteiger partial charge >= 0.3 is 0 Å². The number of aromatic nitrogens is 2. The minimum absolute atomic E-state index is 0.244. The molecule has 0 spiro atoms. The lowest BCUT2D eigenvalue weighted by Gasteiger charge is -2.29. The Hall–Kier alpha value is -3.47. The van der Waals surface area contributed by atoms with Crippen LogP contribution in [0.1, 0.15) is 28.7 Å². The van der Waals surface area contributed by atoms with Gasteiger partial charge < -0.3 is 9.88 Å². The summed E-state index contributed by atoms with van der Waals surface area (Å²) in [5, 5.41) is 0.365. The van der Waals surface area contributed by atoms with Crippen LogP contribution in [0.25, 0.3) is 6.58 Å². The van der Waals surface area contributed by atoms with Gasteiger partial charge in [0.05, 0.1) is 11.4 Å². The maximum atomic E-state index is 12.6. The van der Waals surface area contributed by atoms with E-state index in [-0.39, 0.29) is 5.56 Å². The van der Waals surface area contributed by atoms with Crippen molar-refractivity contribution in [3.05, 3.63) is 92.0 Å². The first-order valence-electron chi connectivity index (χ1n) is 10.4. The van der Waals surface area contributed by atoms with E-state index in [1.54, 1.807) is 0 Å². The SMILES string of the molecule is C=c1nc2c(c(=O)[nH]1)=Nc1cc(C)c3cc1N2CCCc1ccc(cc1)C/C=C/C3. The Bertz CT molecular complexity index is 1320. The Morgan fingerprint density at radius 2 is 1.83 bits per heavy atom. The summed E-state index contributed by atoms with van der Waals surface area (Å²) in [7, 11) is 0. The van der Waals surface area contributed by atoms with Gasteiger partial charge in [-0.2, -0.15) is 0 Å². The molecule has 3 aliphatic rings. The smallest absolute Gasteiger partial charge is 0.279 e. The number of anilines is 2. The van der Waals surface area contributed by atoms with Crippen molar-refractivity contribution in [1.29, 1.82) is 0 Å². The molecular formula is C25H24N4O. The highest BCUT2D eigenvalue weighted by Gasteiger charge is 2.23. The molecular weight excluding hydrogens is 372 g/mol. The van der Waals surface area contributed by atoms with Crippen LogP contribution in [0.3, 0.4) is 0 Å². The highest BCUT2D eigenvalue weighted by molar-refractivity contribution is 5.77. The van der Waals surface area contributed by atoms with E-state index >= 15 is 0 Å². The number of benzene rings is 2. The Labute approximate surface area is 175 Å². The molecule has 1 N–H and O–H groups in total. The molecule has 5 nitrogen and oxygen atoms in total. The zero-order valence-electron chi connectivity index (χ0n) is 17.1. The third kappa shape index (κ3) is 3.36. The zero-order valence-corrected chi connectivity index (χ0v) is 17.1. The Morgan fingerprint density at radius 1 is 1.07 bits per heavy atom. The highest BCUT2D eigenvalue weighted by Crippen LogP contribution is 2.37. The average Bonchev–Trinajstić information content (AvgIpc) is 2.73. The Balaban J connectivity index is 1.67. The zero-order chi connectivity index (χ0) is 20.7. The molecule has 0 atom stereocenters. The maximum absolute atomic E-state index is 12.6. The first-order valence-corrected chi connectivity index (χ1v) is 10.4. The van der Waals surface area contributed by atoms with Crippen LogP contribution >= 0.6 is 0 Å². The van der Waals surface area contributed by atoms with E-state index in [1.165, 1.54) is 22.3 Å². The highest BCUT2D eigenvalue weighted by atomic mass is 16.1. The Morgan fingerprint density at radius 3 is 2.67 bits per heavy atom. The molecule has 4 heterocycles. The van der Waals surface area contributed by atoms with Crippen molar-refractivity contribution in [3.8, 4) is 0 Å². The van der Waals surface area contributed by atoms with E-state index in [0.717, 1.165) is 43.6 Å². The lowest BCUT2D eigenvalue weighted by molar-refractivity contribution is 0.784. The predicted octanol–water partition coefficient (Wildman–Crippen LogP) is 3.18. The van der Waals surface area contributed by atoms with Gasteiger partial charge in [0.15, 0.2) is 11.2 Å². The summed E-state index contributed by atoms with van der Waals surface area (Å²) in [6.45, 7) is 6.70. The van der Waals surface area contributed by atoms with E-state index in [4.69, 9.17) is 0 Å². The molecule has 0 amide bonds. The number of hydrogen-bond donors (Lipinski definition) is 1. The second kappa shape index (κ2) is 7.41. The maximum Gasteiger partial charge on any atom is 0.279 e. The minimum Gasteiger partial charge on any atom is -0.322 e. The number of nitrogens with zero attached hydrogens (tertiary/aromatic N) is 3. The second-order valence-electron chi connectivity index (χ2n) is 8.02. The van der Waals surface area contributed by atoms with Crippen molar-refractivity contribution in [2.45, 2.75) is 32.6 Å². The fraction of sp³-hybridized carbons (Fsp3) is 0.240. The third-order valence-electron chi connectivity index (χ3n) is 5.87. The van der Waals surface area contributed by atoms with Gasteiger partial charge in [-0.25, -0.2) is 9.98 Å². The average molecular weight is 396 g/mol. The van der Waals surface area contributed by atoms with Crippen molar-refractivity contribution < 1.29 is 0 Å². The molecule has 0 unspecified atom stereocenters. The van der Waals surface area contributed by atoms with Gasteiger partial charge in [0.1, 0.15) is 5.48 Å². The number of H-pyrrole nitrogens is 1. The van der Waals surface area contributed by atoms with Crippen molar-refractivity contribution in [2.75, 3.05) is 11.4 Å². The van der Waals surface area contributed by atoms with Crippen LogP contribution in [0, 0.1) is 6.92 Å². The molecule has 30 heavy (non-hydrogen) atoms. The van der Waals surface area contributed by atoms with Crippen LogP contribution in [0.15, 0.2) is 58.3 Å². The number of hydrogen-bond acceptors (Lipinski definition) is 4. The molecule has 0 saturated carbocycles. The van der Waals surface area contributed by atoms with Gasteiger partial charge in [-0.3, -0.25) is 4.79 Å². The largest absolute Gasteiger partial charge is 0.322 e. The molecule has 0 saturated heterocycles. The summed E-state index contributed by atoms with van der Waals surface area (Å²) in [6.07, 6.45) is 8.19. The molecule has 6 rings (SSSR count). The molecule has 5 heteroatoms. The summed E-state index contributed by atoms with van der Waals surface area (Å²) in [5.41, 5.74) is 7.04. The van der Waals surface area contributed by atoms with Crippen LogP contribution < -0.4 is 21.3 Å². The summed E-state index contributed by atoms with van der Waals surface area (Å²) >= 11 is 0. The molecule has 0 aliphatic carbocycles. The number of aryl methyl sites for hydroxylation is 2. The molecule has 1 aromatic heterocycles. The van der Waals surface area contributed by atoms with Crippen LogP contribution in [-0.2, 0) is 19.3 Å². The molecule has 0 fully saturated rings. The Kier molecular flexibility index (Phi) is 4.58. The fourth-order valence-electron chi connectivity index (χ4n) is 4.21. The van der Waals surface area contributed by atoms with E-state index in [9.17, 15) is 4.79 Å². The number of nitrogens with one attached hydrogen (secondary N) is 1. The first-order chi connectivity index (χ1) is 14.6. The molecule has 150 valence electrons. The van der Waals surface area contributed by atoms with Crippen LogP contribution in [-0.4, -0.2) is 16.5 Å². The standard InChI is InChI=1S/C25H24N4O/c1-16-14-21-22-15-20(16)8-4-3-6-18-9-11-19(12-10-18)7-5-13-29(22)24-23(28-21)25(30)27-17(2)26-24/h3-4,9-12,14-15H,2,5-8,13H2,1H3,(H,27,30)/b4-3+. The van der Waals surface area contributed by atoms with Crippen molar-refractivity contribution in [3.63, 3.8) is 0 Å². The fourth-order valence-corrected chi connectivity index (χ4v) is 4.21. The third-order valence-corrected chi connectivity index (χ3v) is 5.87. The summed E-state index contributed by atoms with van der Waals surface area (Å²) in [6, 6.07) is 13.2. The molecule has 0 radical (unpaired) electrons. The van der Waals surface area contributed by atoms with Crippen molar-refractivity contribution in [1.82, 2.24) is 9.97 Å². The lowest BCUT2D eigenvalue weighted by Crippen LogP contribution is -2.42. The van der Waals surface area contributed by atoms with Gasteiger partial charge in [-0.15, -0.1) is 0 Å². The van der Waals surface area contributed by atoms with E-state index in [2.05, 4.69) is 81.9 Å². The minimum atomic E-state index is -0.244. The molecule has 2 aromatic carbocycles. The van der Waals surface area contributed by atoms with Gasteiger partial charge in [0, 0.05) is 6.54 Å². The van der Waals surface area contributed by atoms with Crippen molar-refractivity contribution >= 4 is 23.8 Å². The van der Waals surface area contributed by atoms with Gasteiger partial charge in [-0.05, 0) is 67.0 Å². The number of allylic oxidation sites excluding steroid dienone is 2. The van der Waals surface area contributed by atoms with Crippen LogP contribution in [0.4, 0.5) is 17.2 Å². The quantitative estimate of drug-likeness (QED) is 0.594. The van der Waals surface area contributed by atoms with E-state index in [1.807, 2.05) is 0 Å². The summed E-state index contributed by atoms with van der Waals surface area (Å²) < 4.78 is 0. The number of aromatic amines is 1. The lowest BCUT2D eigenvalue weighted by atomic mass is 10.0. The molecule has 3 aromatic rings. The van der Waals surface area contributed by atoms with Gasteiger partial charge in [-0.1, -0.05) is 43.0 Å². The molecule has 3 aliphatic heterocycles. The number of rotatable bonds is 0. The van der Waals surface area contributed by atoms with Gasteiger partial charge in [0.2, 0.25) is 0 Å².